The van der Waals surface area contributed by atoms with E-state index in [9.17, 15) is 4.39 Å². The average Bonchev–Trinajstić information content (AvgIpc) is 3.37. The molecule has 1 fully saturated rings. The summed E-state index contributed by atoms with van der Waals surface area (Å²) in [5.41, 5.74) is 0.897. The lowest BCUT2D eigenvalue weighted by Gasteiger charge is -2.23. The number of hydrogen-bond acceptors (Lipinski definition) is 6. The second-order valence-electron chi connectivity index (χ2n) is 6.42. The van der Waals surface area contributed by atoms with E-state index in [0.29, 0.717) is 30.6 Å². The summed E-state index contributed by atoms with van der Waals surface area (Å²) in [6.45, 7) is 2.57. The third-order valence-corrected chi connectivity index (χ3v) is 4.35. The molecule has 1 aliphatic rings. The molecule has 0 amide bonds. The molecule has 0 aliphatic carbocycles. The van der Waals surface area contributed by atoms with Crippen molar-refractivity contribution in [3.05, 3.63) is 59.9 Å². The van der Waals surface area contributed by atoms with E-state index >= 15 is 0 Å². The molecular weight excluding hydrogens is 337 g/mol. The van der Waals surface area contributed by atoms with E-state index in [1.54, 1.807) is 30.5 Å². The van der Waals surface area contributed by atoms with Crippen LogP contribution in [-0.2, 0) is 17.8 Å². The maximum Gasteiger partial charge on any atom is 0.241 e. The monoisotopic (exact) mass is 357 g/mol. The van der Waals surface area contributed by atoms with Crippen molar-refractivity contribution in [1.29, 1.82) is 0 Å². The molecule has 7 heteroatoms. The van der Waals surface area contributed by atoms with Gasteiger partial charge in [-0.1, -0.05) is 17.3 Å². The van der Waals surface area contributed by atoms with Gasteiger partial charge >= 0.3 is 0 Å². The Morgan fingerprint density at radius 1 is 1.19 bits per heavy atom. The van der Waals surface area contributed by atoms with Gasteiger partial charge in [-0.3, -0.25) is 4.90 Å². The van der Waals surface area contributed by atoms with Gasteiger partial charge in [0.2, 0.25) is 11.7 Å². The van der Waals surface area contributed by atoms with Crippen LogP contribution in [0, 0.1) is 5.82 Å². The summed E-state index contributed by atoms with van der Waals surface area (Å²) >= 11 is 0. The first-order valence-electron chi connectivity index (χ1n) is 8.71. The number of aromatic nitrogens is 2. The van der Waals surface area contributed by atoms with Crippen LogP contribution in [-0.4, -0.2) is 34.3 Å². The van der Waals surface area contributed by atoms with Gasteiger partial charge in [0.05, 0.1) is 18.9 Å². The molecule has 1 aromatic carbocycles. The summed E-state index contributed by atoms with van der Waals surface area (Å²) in [7, 11) is 0. The Morgan fingerprint density at radius 3 is 2.92 bits per heavy atom. The smallest absolute Gasteiger partial charge is 0.241 e. The Morgan fingerprint density at radius 2 is 2.15 bits per heavy atom. The zero-order valence-electron chi connectivity index (χ0n) is 14.3. The molecule has 0 saturated carbocycles. The first-order chi connectivity index (χ1) is 12.8. The lowest BCUT2D eigenvalue weighted by Crippen LogP contribution is -2.31. The maximum absolute atomic E-state index is 13.5. The van der Waals surface area contributed by atoms with Gasteiger partial charge in [-0.05, 0) is 42.7 Å². The predicted molar refractivity (Wildman–Crippen MR) is 91.5 cm³/mol. The van der Waals surface area contributed by atoms with Crippen molar-refractivity contribution in [2.75, 3.05) is 13.2 Å². The summed E-state index contributed by atoms with van der Waals surface area (Å²) in [6, 6.07) is 10.2. The van der Waals surface area contributed by atoms with Crippen LogP contribution in [0.4, 0.5) is 4.39 Å². The maximum atomic E-state index is 13.5. The quantitative estimate of drug-likeness (QED) is 0.643. The molecule has 0 bridgehead atoms. The molecule has 136 valence electrons. The number of nitrogens with zero attached hydrogens (tertiary/aromatic N) is 3. The largest absolute Gasteiger partial charge is 0.461 e. The van der Waals surface area contributed by atoms with Crippen molar-refractivity contribution in [1.82, 2.24) is 15.0 Å². The van der Waals surface area contributed by atoms with E-state index in [2.05, 4.69) is 15.0 Å². The minimum atomic E-state index is -0.238. The van der Waals surface area contributed by atoms with E-state index in [1.807, 2.05) is 6.07 Å². The second kappa shape index (κ2) is 7.80. The van der Waals surface area contributed by atoms with Crippen LogP contribution in [0.5, 0.6) is 0 Å². The topological polar surface area (TPSA) is 64.5 Å². The first-order valence-corrected chi connectivity index (χ1v) is 8.71. The minimum absolute atomic E-state index is 0.177. The van der Waals surface area contributed by atoms with Crippen molar-refractivity contribution in [3.63, 3.8) is 0 Å². The van der Waals surface area contributed by atoms with E-state index in [4.69, 9.17) is 13.7 Å². The van der Waals surface area contributed by atoms with Gasteiger partial charge in [0.25, 0.3) is 0 Å². The molecule has 3 heterocycles. The Kier molecular flexibility index (Phi) is 5.08. The number of furan rings is 1. The molecule has 4 rings (SSSR count). The van der Waals surface area contributed by atoms with Gasteiger partial charge < -0.3 is 13.7 Å². The van der Waals surface area contributed by atoms with Gasteiger partial charge in [0.15, 0.2) is 5.76 Å². The summed E-state index contributed by atoms with van der Waals surface area (Å²) in [6.07, 6.45) is 3.85. The molecule has 1 saturated heterocycles. The fourth-order valence-electron chi connectivity index (χ4n) is 3.17. The summed E-state index contributed by atoms with van der Waals surface area (Å²) < 4.78 is 29.9. The highest BCUT2D eigenvalue weighted by atomic mass is 19.1. The van der Waals surface area contributed by atoms with E-state index in [1.165, 1.54) is 6.07 Å². The van der Waals surface area contributed by atoms with Crippen LogP contribution in [0.2, 0.25) is 0 Å². The van der Waals surface area contributed by atoms with E-state index in [0.717, 1.165) is 31.6 Å². The molecule has 1 aliphatic heterocycles. The molecule has 2 aromatic heterocycles. The highest BCUT2D eigenvalue weighted by Gasteiger charge is 2.22. The number of benzene rings is 1. The zero-order valence-corrected chi connectivity index (χ0v) is 14.3. The number of ether oxygens (including phenoxy) is 1. The lowest BCUT2D eigenvalue weighted by molar-refractivity contribution is 0.0640. The SMILES string of the molecule is Fc1cccc(CN(Cc2nc(-c3ccco3)no2)CC2CCCO2)c1. The van der Waals surface area contributed by atoms with Gasteiger partial charge in [0.1, 0.15) is 5.82 Å². The highest BCUT2D eigenvalue weighted by molar-refractivity contribution is 5.44. The first kappa shape index (κ1) is 16.9. The standard InChI is InChI=1S/C19H20FN3O3/c20-15-5-1-4-14(10-15)11-23(12-16-6-2-8-24-16)13-18-21-19(22-26-18)17-7-3-9-25-17/h1,3-5,7,9-10,16H,2,6,8,11-13H2. The third kappa shape index (κ3) is 4.17. The molecule has 6 nitrogen and oxygen atoms in total. The number of hydrogen-bond donors (Lipinski definition) is 0. The van der Waals surface area contributed by atoms with Gasteiger partial charge in [-0.2, -0.15) is 4.98 Å². The van der Waals surface area contributed by atoms with Gasteiger partial charge in [-0.15, -0.1) is 0 Å². The average molecular weight is 357 g/mol. The van der Waals surface area contributed by atoms with Crippen molar-refractivity contribution in [2.45, 2.75) is 32.0 Å². The van der Waals surface area contributed by atoms with Crippen molar-refractivity contribution in [2.24, 2.45) is 0 Å². The highest BCUT2D eigenvalue weighted by Crippen LogP contribution is 2.19. The lowest BCUT2D eigenvalue weighted by atomic mass is 10.1. The molecule has 0 spiro atoms. The van der Waals surface area contributed by atoms with Gasteiger partial charge in [-0.25, -0.2) is 4.39 Å². The second-order valence-corrected chi connectivity index (χ2v) is 6.42. The normalized spacial score (nSPS) is 17.2. The van der Waals surface area contributed by atoms with E-state index < -0.39 is 0 Å². The van der Waals surface area contributed by atoms with Crippen molar-refractivity contribution >= 4 is 0 Å². The summed E-state index contributed by atoms with van der Waals surface area (Å²) in [5.74, 6) is 1.24. The third-order valence-electron chi connectivity index (χ3n) is 4.35. The van der Waals surface area contributed by atoms with Crippen LogP contribution in [0.3, 0.4) is 0 Å². The van der Waals surface area contributed by atoms with Crippen LogP contribution in [0.25, 0.3) is 11.6 Å². The zero-order chi connectivity index (χ0) is 17.8. The molecule has 1 atom stereocenters. The molecule has 0 radical (unpaired) electrons. The fourth-order valence-corrected chi connectivity index (χ4v) is 3.17. The molecule has 1 unspecified atom stereocenters. The molecule has 26 heavy (non-hydrogen) atoms. The van der Waals surface area contributed by atoms with Gasteiger partial charge in [0, 0.05) is 19.7 Å². The van der Waals surface area contributed by atoms with Crippen molar-refractivity contribution in [3.8, 4) is 11.6 Å². The van der Waals surface area contributed by atoms with Crippen LogP contribution in [0.15, 0.2) is 51.6 Å². The number of rotatable bonds is 7. The Hall–Kier alpha value is -2.51. The molecule has 0 N–H and O–H groups in total. The fraction of sp³-hybridized carbons (Fsp3) is 0.368. The van der Waals surface area contributed by atoms with Crippen LogP contribution in [0.1, 0.15) is 24.3 Å². The van der Waals surface area contributed by atoms with Crippen LogP contribution < -0.4 is 0 Å². The molecular formula is C19H20FN3O3. The minimum Gasteiger partial charge on any atom is -0.461 e. The van der Waals surface area contributed by atoms with Crippen molar-refractivity contribution < 1.29 is 18.1 Å². The van der Waals surface area contributed by atoms with E-state index in [-0.39, 0.29) is 11.9 Å². The summed E-state index contributed by atoms with van der Waals surface area (Å²) in [4.78, 5) is 6.54. The predicted octanol–water partition coefficient (Wildman–Crippen LogP) is 3.65. The summed E-state index contributed by atoms with van der Waals surface area (Å²) in [5, 5.41) is 3.97. The number of halogens is 1. The Labute approximate surface area is 150 Å². The molecule has 3 aromatic rings. The Bertz CT molecular complexity index is 828. The van der Waals surface area contributed by atoms with Crippen LogP contribution >= 0.6 is 0 Å². The Balaban J connectivity index is 1.48.